The Morgan fingerprint density at radius 1 is 1.29 bits per heavy atom. The number of pyridine rings is 1. The molecule has 0 spiro atoms. The largest absolute Gasteiger partial charge is 0.492 e. The van der Waals surface area contributed by atoms with Crippen molar-refractivity contribution in [2.24, 2.45) is 5.41 Å². The van der Waals surface area contributed by atoms with E-state index in [4.69, 9.17) is 16.3 Å². The van der Waals surface area contributed by atoms with Gasteiger partial charge in [-0.2, -0.15) is 13.2 Å². The molecule has 35 heavy (non-hydrogen) atoms. The molecule has 2 aliphatic rings. The van der Waals surface area contributed by atoms with Gasteiger partial charge in [0, 0.05) is 30.8 Å². The van der Waals surface area contributed by atoms with E-state index in [1.54, 1.807) is 9.62 Å². The predicted molar refractivity (Wildman–Crippen MR) is 121 cm³/mol. The number of sulfonamides is 1. The second-order valence-electron chi connectivity index (χ2n) is 9.32. The Balaban J connectivity index is 1.46. The minimum absolute atomic E-state index is 0.0696. The maximum absolute atomic E-state index is 14.7. The van der Waals surface area contributed by atoms with Crippen LogP contribution in [-0.4, -0.2) is 45.3 Å². The van der Waals surface area contributed by atoms with Gasteiger partial charge in [0.05, 0.1) is 29.0 Å². The number of ether oxygens (including phenoxy) is 1. The molecule has 2 aromatic rings. The predicted octanol–water partition coefficient (Wildman–Crippen LogP) is 4.37. The fourth-order valence-electron chi connectivity index (χ4n) is 4.01. The molecule has 0 radical (unpaired) electrons. The van der Waals surface area contributed by atoms with E-state index in [2.05, 4.69) is 4.98 Å². The molecule has 2 fully saturated rings. The average molecular weight is 536 g/mol. The van der Waals surface area contributed by atoms with Crippen molar-refractivity contribution in [3.63, 3.8) is 0 Å². The Morgan fingerprint density at radius 3 is 2.51 bits per heavy atom. The highest BCUT2D eigenvalue weighted by molar-refractivity contribution is 7.89. The molecule has 1 aliphatic heterocycles. The monoisotopic (exact) mass is 535 g/mol. The molecular formula is C22H22ClF4N3O4S. The molecule has 7 nitrogen and oxygen atoms in total. The summed E-state index contributed by atoms with van der Waals surface area (Å²) in [6, 6.07) is 3.29. The first-order valence-corrected chi connectivity index (χ1v) is 12.9. The van der Waals surface area contributed by atoms with Crippen LogP contribution in [-0.2, 0) is 16.2 Å². The molecule has 1 amide bonds. The molecular weight excluding hydrogens is 514 g/mol. The van der Waals surface area contributed by atoms with Crippen LogP contribution in [0.2, 0.25) is 5.02 Å². The number of carbonyl (C=O) groups excluding carboxylic acids is 1. The van der Waals surface area contributed by atoms with E-state index in [0.29, 0.717) is 18.7 Å². The van der Waals surface area contributed by atoms with E-state index in [0.717, 1.165) is 37.4 Å². The highest BCUT2D eigenvalue weighted by Crippen LogP contribution is 2.46. The number of benzene rings is 1. The van der Waals surface area contributed by atoms with Crippen LogP contribution in [0.25, 0.3) is 0 Å². The topological polar surface area (TPSA) is 88.6 Å². The van der Waals surface area contributed by atoms with Crippen molar-refractivity contribution < 1.29 is 35.5 Å². The molecule has 1 aliphatic carbocycles. The van der Waals surface area contributed by atoms with Gasteiger partial charge in [-0.1, -0.05) is 18.5 Å². The molecule has 1 aromatic carbocycles. The molecule has 0 bridgehead atoms. The van der Waals surface area contributed by atoms with Gasteiger partial charge in [-0.15, -0.1) is 0 Å². The number of nitrogens with zero attached hydrogens (tertiary/aromatic N) is 2. The van der Waals surface area contributed by atoms with Gasteiger partial charge < -0.3 is 9.64 Å². The van der Waals surface area contributed by atoms with Gasteiger partial charge in [0.25, 0.3) is 5.91 Å². The summed E-state index contributed by atoms with van der Waals surface area (Å²) in [5.74, 6) is -1.51. The summed E-state index contributed by atoms with van der Waals surface area (Å²) in [6.07, 6.45) is -1.18. The fourth-order valence-corrected chi connectivity index (χ4v) is 4.66. The highest BCUT2D eigenvalue weighted by Gasteiger charge is 2.42. The van der Waals surface area contributed by atoms with Crippen molar-refractivity contribution in [1.29, 1.82) is 0 Å². The van der Waals surface area contributed by atoms with E-state index in [-0.39, 0.29) is 29.7 Å². The quantitative estimate of drug-likeness (QED) is 0.530. The summed E-state index contributed by atoms with van der Waals surface area (Å²) in [4.78, 5) is 17.8. The van der Waals surface area contributed by atoms with Crippen LogP contribution >= 0.6 is 11.6 Å². The summed E-state index contributed by atoms with van der Waals surface area (Å²) in [5.41, 5.74) is -1.18. The summed E-state index contributed by atoms with van der Waals surface area (Å²) in [6.45, 7) is 2.74. The van der Waals surface area contributed by atoms with Crippen molar-refractivity contribution in [2.75, 3.05) is 30.9 Å². The first-order chi connectivity index (χ1) is 16.2. The van der Waals surface area contributed by atoms with E-state index in [1.165, 1.54) is 6.07 Å². The van der Waals surface area contributed by atoms with Crippen LogP contribution in [0, 0.1) is 11.2 Å². The third-order valence-electron chi connectivity index (χ3n) is 5.83. The number of alkyl halides is 3. The fraction of sp³-hybridized carbons (Fsp3) is 0.455. The molecule has 1 aromatic heterocycles. The van der Waals surface area contributed by atoms with Crippen LogP contribution in [0.3, 0.4) is 0 Å². The maximum Gasteiger partial charge on any atom is 0.418 e. The number of aromatic nitrogens is 1. The van der Waals surface area contributed by atoms with Crippen molar-refractivity contribution in [3.05, 3.63) is 51.9 Å². The minimum Gasteiger partial charge on any atom is -0.492 e. The number of anilines is 1. The van der Waals surface area contributed by atoms with Gasteiger partial charge >= 0.3 is 6.18 Å². The number of hydrogen-bond acceptors (Lipinski definition) is 6. The Hall–Kier alpha value is -2.60. The lowest BCUT2D eigenvalue weighted by atomic mass is 9.82. The number of rotatable bonds is 7. The molecule has 1 saturated heterocycles. The first kappa shape index (κ1) is 25.5. The lowest BCUT2D eigenvalue weighted by molar-refractivity contribution is -0.137. The van der Waals surface area contributed by atoms with Crippen molar-refractivity contribution in [2.45, 2.75) is 31.9 Å². The first-order valence-electron chi connectivity index (χ1n) is 10.6. The van der Waals surface area contributed by atoms with Crippen molar-refractivity contribution in [1.82, 2.24) is 9.71 Å². The van der Waals surface area contributed by atoms with Crippen LogP contribution in [0.15, 0.2) is 24.4 Å². The Kier molecular flexibility index (Phi) is 6.41. The van der Waals surface area contributed by atoms with Gasteiger partial charge in [-0.25, -0.2) is 22.5 Å². The second-order valence-corrected chi connectivity index (χ2v) is 11.5. The zero-order chi connectivity index (χ0) is 25.8. The van der Waals surface area contributed by atoms with Gasteiger partial charge in [0.2, 0.25) is 10.0 Å². The van der Waals surface area contributed by atoms with E-state index in [9.17, 15) is 30.8 Å². The van der Waals surface area contributed by atoms with Crippen LogP contribution < -0.4 is 14.4 Å². The number of nitrogens with one attached hydrogen (secondary N) is 1. The molecule has 190 valence electrons. The summed E-state index contributed by atoms with van der Waals surface area (Å²) < 4.78 is 84.4. The highest BCUT2D eigenvalue weighted by atomic mass is 35.5. The Labute approximate surface area is 204 Å². The van der Waals surface area contributed by atoms with Crippen molar-refractivity contribution >= 4 is 33.3 Å². The van der Waals surface area contributed by atoms with Gasteiger partial charge in [0.1, 0.15) is 17.4 Å². The Bertz CT molecular complexity index is 1280. The molecule has 1 N–H and O–H groups in total. The van der Waals surface area contributed by atoms with E-state index < -0.39 is 43.9 Å². The third kappa shape index (κ3) is 5.80. The van der Waals surface area contributed by atoms with Gasteiger partial charge in [0.15, 0.2) is 0 Å². The lowest BCUT2D eigenvalue weighted by Gasteiger charge is -2.48. The van der Waals surface area contributed by atoms with Gasteiger partial charge in [-0.05, 0) is 36.5 Å². The SMILES string of the molecule is CC1(COc2cc(F)c(C(=O)NS(C)(=O)=O)cc2C2CC2)CN(c2cc(C(F)(F)F)c(Cl)cn2)C1. The Morgan fingerprint density at radius 2 is 1.94 bits per heavy atom. The minimum atomic E-state index is -4.60. The molecule has 2 heterocycles. The number of hydrogen-bond donors (Lipinski definition) is 1. The second kappa shape index (κ2) is 8.81. The number of halogens is 5. The average Bonchev–Trinajstić information content (AvgIpc) is 3.53. The normalized spacial score (nSPS) is 17.6. The molecule has 0 unspecified atom stereocenters. The lowest BCUT2D eigenvalue weighted by Crippen LogP contribution is -2.58. The van der Waals surface area contributed by atoms with Crippen LogP contribution in [0.1, 0.15) is 47.2 Å². The maximum atomic E-state index is 14.7. The molecule has 13 heteroatoms. The molecule has 4 rings (SSSR count). The molecule has 1 saturated carbocycles. The standard InChI is InChI=1S/C22H22ClF4N3O4S/c1-21(9-30(10-21)19-6-15(22(25,26)27)16(23)8-28-19)11-34-18-7-17(24)14(5-13(18)12-3-4-12)20(31)29-35(2,32)33/h5-8,12H,3-4,9-11H2,1-2H3,(H,29,31). The zero-order valence-electron chi connectivity index (χ0n) is 18.7. The van der Waals surface area contributed by atoms with E-state index >= 15 is 0 Å². The summed E-state index contributed by atoms with van der Waals surface area (Å²) in [5, 5.41) is -0.476. The number of carbonyl (C=O) groups is 1. The van der Waals surface area contributed by atoms with Crippen LogP contribution in [0.4, 0.5) is 23.4 Å². The molecule has 0 atom stereocenters. The number of amides is 1. The third-order valence-corrected chi connectivity index (χ3v) is 6.69. The summed E-state index contributed by atoms with van der Waals surface area (Å²) >= 11 is 5.63. The zero-order valence-corrected chi connectivity index (χ0v) is 20.3. The summed E-state index contributed by atoms with van der Waals surface area (Å²) in [7, 11) is -3.86. The van der Waals surface area contributed by atoms with Crippen molar-refractivity contribution in [3.8, 4) is 5.75 Å². The van der Waals surface area contributed by atoms with Gasteiger partial charge in [-0.3, -0.25) is 4.79 Å². The smallest absolute Gasteiger partial charge is 0.418 e. The van der Waals surface area contributed by atoms with Crippen LogP contribution in [0.5, 0.6) is 5.75 Å². The van der Waals surface area contributed by atoms with E-state index in [1.807, 2.05) is 6.92 Å².